The van der Waals surface area contributed by atoms with Gasteiger partial charge < -0.3 is 5.32 Å². The third-order valence-electron chi connectivity index (χ3n) is 3.66. The second kappa shape index (κ2) is 8.22. The van der Waals surface area contributed by atoms with Crippen LogP contribution in [0.2, 0.25) is 0 Å². The number of amides is 1. The maximum Gasteiger partial charge on any atom is 0.225 e. The molecule has 0 aromatic heterocycles. The molecule has 134 valence electrons. The first kappa shape index (κ1) is 19.1. The van der Waals surface area contributed by atoms with Crippen molar-refractivity contribution in [1.82, 2.24) is 4.31 Å². The molecule has 2 aromatic rings. The fourth-order valence-corrected chi connectivity index (χ4v) is 3.15. The van der Waals surface area contributed by atoms with Crippen LogP contribution in [-0.4, -0.2) is 31.4 Å². The van der Waals surface area contributed by atoms with Gasteiger partial charge in [0, 0.05) is 30.8 Å². The van der Waals surface area contributed by atoms with Crippen molar-refractivity contribution < 1.29 is 17.6 Å². The fourth-order valence-electron chi connectivity index (χ4n) is 2.35. The van der Waals surface area contributed by atoms with Gasteiger partial charge in [-0.15, -0.1) is 0 Å². The average molecular weight is 364 g/mol. The Morgan fingerprint density at radius 2 is 1.88 bits per heavy atom. The molecule has 7 heteroatoms. The number of sulfonamides is 1. The largest absolute Gasteiger partial charge is 0.326 e. The molecule has 0 fully saturated rings. The van der Waals surface area contributed by atoms with E-state index < -0.39 is 15.8 Å². The Morgan fingerprint density at radius 3 is 2.52 bits per heavy atom. The molecule has 0 unspecified atom stereocenters. The summed E-state index contributed by atoms with van der Waals surface area (Å²) >= 11 is 0. The minimum atomic E-state index is -3.57. The van der Waals surface area contributed by atoms with E-state index in [0.29, 0.717) is 5.69 Å². The first-order valence-corrected chi connectivity index (χ1v) is 9.65. The number of aryl methyl sites for hydroxylation is 1. The Bertz CT molecular complexity index is 853. The number of halogens is 1. The van der Waals surface area contributed by atoms with Gasteiger partial charge in [-0.25, -0.2) is 12.8 Å². The Morgan fingerprint density at radius 1 is 1.16 bits per heavy atom. The van der Waals surface area contributed by atoms with Gasteiger partial charge in [0.2, 0.25) is 15.9 Å². The Hall–Kier alpha value is -2.25. The van der Waals surface area contributed by atoms with E-state index in [1.54, 1.807) is 18.2 Å². The summed E-state index contributed by atoms with van der Waals surface area (Å²) in [5.41, 5.74) is 1.94. The van der Waals surface area contributed by atoms with Crippen LogP contribution >= 0.6 is 0 Å². The topological polar surface area (TPSA) is 66.5 Å². The molecule has 0 radical (unpaired) electrons. The van der Waals surface area contributed by atoms with Crippen molar-refractivity contribution in [3.05, 3.63) is 65.5 Å². The number of anilines is 1. The zero-order chi connectivity index (χ0) is 18.4. The van der Waals surface area contributed by atoms with Crippen molar-refractivity contribution >= 4 is 21.6 Å². The summed E-state index contributed by atoms with van der Waals surface area (Å²) < 4.78 is 38.7. The molecule has 1 amide bonds. The molecule has 0 saturated heterocycles. The highest BCUT2D eigenvalue weighted by atomic mass is 32.2. The van der Waals surface area contributed by atoms with Gasteiger partial charge in [0.05, 0.1) is 6.26 Å². The molecule has 25 heavy (non-hydrogen) atoms. The van der Waals surface area contributed by atoms with Crippen LogP contribution in [0.1, 0.15) is 17.5 Å². The number of nitrogens with zero attached hydrogens (tertiary/aromatic N) is 1. The van der Waals surface area contributed by atoms with Crippen LogP contribution in [0.4, 0.5) is 10.1 Å². The lowest BCUT2D eigenvalue weighted by Crippen LogP contribution is -2.32. The number of hydrogen-bond donors (Lipinski definition) is 1. The van der Waals surface area contributed by atoms with Gasteiger partial charge in [0.1, 0.15) is 5.82 Å². The Balaban J connectivity index is 2.01. The van der Waals surface area contributed by atoms with Gasteiger partial charge in [-0.1, -0.05) is 30.3 Å². The predicted octanol–water partition coefficient (Wildman–Crippen LogP) is 2.92. The maximum absolute atomic E-state index is 13.8. The van der Waals surface area contributed by atoms with E-state index in [1.807, 2.05) is 25.1 Å². The molecule has 0 heterocycles. The summed E-state index contributed by atoms with van der Waals surface area (Å²) in [7, 11) is -3.57. The fraction of sp³-hybridized carbons (Fsp3) is 0.278. The number of hydrogen-bond acceptors (Lipinski definition) is 3. The lowest BCUT2D eigenvalue weighted by molar-refractivity contribution is -0.116. The second-order valence-electron chi connectivity index (χ2n) is 5.86. The highest BCUT2D eigenvalue weighted by molar-refractivity contribution is 7.88. The van der Waals surface area contributed by atoms with E-state index >= 15 is 0 Å². The normalized spacial score (nSPS) is 11.5. The summed E-state index contributed by atoms with van der Waals surface area (Å²) in [6.45, 7) is 1.78. The zero-order valence-corrected chi connectivity index (χ0v) is 15.0. The number of benzene rings is 2. The van der Waals surface area contributed by atoms with Crippen molar-refractivity contribution in [1.29, 1.82) is 0 Å². The van der Waals surface area contributed by atoms with Crippen LogP contribution < -0.4 is 5.32 Å². The predicted molar refractivity (Wildman–Crippen MR) is 96.1 cm³/mol. The van der Waals surface area contributed by atoms with E-state index in [-0.39, 0.29) is 31.0 Å². The highest BCUT2D eigenvalue weighted by Crippen LogP contribution is 2.14. The molecule has 0 bridgehead atoms. The summed E-state index contributed by atoms with van der Waals surface area (Å²) in [6, 6.07) is 13.3. The molecule has 0 spiro atoms. The maximum atomic E-state index is 13.8. The molecule has 0 aliphatic carbocycles. The van der Waals surface area contributed by atoms with Crippen molar-refractivity contribution in [2.45, 2.75) is 19.9 Å². The Labute approximate surface area is 147 Å². The number of carbonyl (C=O) groups is 1. The van der Waals surface area contributed by atoms with Crippen LogP contribution in [0.25, 0.3) is 0 Å². The lowest BCUT2D eigenvalue weighted by Gasteiger charge is -2.20. The minimum Gasteiger partial charge on any atom is -0.326 e. The van der Waals surface area contributed by atoms with Gasteiger partial charge in [-0.3, -0.25) is 4.79 Å². The van der Waals surface area contributed by atoms with Gasteiger partial charge in [-0.05, 0) is 30.7 Å². The number of rotatable bonds is 7. The highest BCUT2D eigenvalue weighted by Gasteiger charge is 2.19. The summed E-state index contributed by atoms with van der Waals surface area (Å²) in [5.74, 6) is -0.770. The van der Waals surface area contributed by atoms with Crippen LogP contribution in [0, 0.1) is 12.7 Å². The molecule has 1 N–H and O–H groups in total. The van der Waals surface area contributed by atoms with Gasteiger partial charge >= 0.3 is 0 Å². The second-order valence-corrected chi connectivity index (χ2v) is 7.84. The molecular formula is C18H21FN2O3S. The van der Waals surface area contributed by atoms with Crippen LogP contribution in [0.5, 0.6) is 0 Å². The summed E-state index contributed by atoms with van der Waals surface area (Å²) in [4.78, 5) is 12.1. The average Bonchev–Trinajstić information content (AvgIpc) is 2.52. The molecule has 0 aliphatic heterocycles. The van der Waals surface area contributed by atoms with E-state index in [4.69, 9.17) is 0 Å². The molecule has 5 nitrogen and oxygen atoms in total. The number of nitrogens with one attached hydrogen (secondary N) is 1. The first-order valence-electron chi connectivity index (χ1n) is 7.81. The van der Waals surface area contributed by atoms with E-state index in [2.05, 4.69) is 5.32 Å². The van der Waals surface area contributed by atoms with Gasteiger partial charge in [-0.2, -0.15) is 4.31 Å². The first-order chi connectivity index (χ1) is 11.8. The summed E-state index contributed by atoms with van der Waals surface area (Å²) in [6.07, 6.45) is 1.03. The van der Waals surface area contributed by atoms with Crippen molar-refractivity contribution in [2.75, 3.05) is 18.1 Å². The standard InChI is InChI=1S/C18H21FN2O3S/c1-14-6-5-8-16(12-14)20-18(22)10-11-21(25(2,23)24)13-15-7-3-4-9-17(15)19/h3-9,12H,10-11,13H2,1-2H3,(H,20,22). The third kappa shape index (κ3) is 5.95. The van der Waals surface area contributed by atoms with Crippen molar-refractivity contribution in [3.63, 3.8) is 0 Å². The monoisotopic (exact) mass is 364 g/mol. The quantitative estimate of drug-likeness (QED) is 0.821. The molecule has 2 aromatic carbocycles. The molecule has 0 saturated carbocycles. The zero-order valence-electron chi connectivity index (χ0n) is 14.2. The summed E-state index contributed by atoms with van der Waals surface area (Å²) in [5, 5.41) is 2.73. The molecule has 0 aliphatic rings. The SMILES string of the molecule is Cc1cccc(NC(=O)CCN(Cc2ccccc2F)S(C)(=O)=O)c1. The smallest absolute Gasteiger partial charge is 0.225 e. The van der Waals surface area contributed by atoms with Crippen molar-refractivity contribution in [3.8, 4) is 0 Å². The van der Waals surface area contributed by atoms with Crippen LogP contribution in [0.3, 0.4) is 0 Å². The van der Waals surface area contributed by atoms with Gasteiger partial charge in [0.15, 0.2) is 0 Å². The number of carbonyl (C=O) groups excluding carboxylic acids is 1. The van der Waals surface area contributed by atoms with Crippen LogP contribution in [-0.2, 0) is 21.4 Å². The van der Waals surface area contributed by atoms with Crippen LogP contribution in [0.15, 0.2) is 48.5 Å². The minimum absolute atomic E-state index is 0.0184. The van der Waals surface area contributed by atoms with Gasteiger partial charge in [0.25, 0.3) is 0 Å². The lowest BCUT2D eigenvalue weighted by atomic mass is 10.2. The molecular weight excluding hydrogens is 343 g/mol. The molecule has 2 rings (SSSR count). The van der Waals surface area contributed by atoms with E-state index in [0.717, 1.165) is 16.1 Å². The van der Waals surface area contributed by atoms with Crippen molar-refractivity contribution in [2.24, 2.45) is 0 Å². The Kier molecular flexibility index (Phi) is 6.27. The van der Waals surface area contributed by atoms with E-state index in [9.17, 15) is 17.6 Å². The van der Waals surface area contributed by atoms with E-state index in [1.165, 1.54) is 12.1 Å². The molecule has 0 atom stereocenters. The third-order valence-corrected chi connectivity index (χ3v) is 4.91.